The third kappa shape index (κ3) is 3.86. The minimum Gasteiger partial charge on any atom is -0.322 e. The number of amides is 3. The average Bonchev–Trinajstić information content (AvgIpc) is 2.99. The minimum atomic E-state index is -0.364. The van der Waals surface area contributed by atoms with E-state index in [-0.39, 0.29) is 17.7 Å². The number of hydrogen-bond donors (Lipinski definition) is 1. The Morgan fingerprint density at radius 1 is 0.867 bits per heavy atom. The molecule has 0 saturated heterocycles. The van der Waals surface area contributed by atoms with Crippen molar-refractivity contribution in [2.24, 2.45) is 0 Å². The molecule has 0 aromatic heterocycles. The molecule has 3 aromatic rings. The van der Waals surface area contributed by atoms with E-state index in [0.29, 0.717) is 33.3 Å². The van der Waals surface area contributed by atoms with Crippen LogP contribution in [0.2, 0.25) is 0 Å². The smallest absolute Gasteiger partial charge is 0.266 e. The van der Waals surface area contributed by atoms with Gasteiger partial charge in [-0.3, -0.25) is 14.4 Å². The first-order valence-corrected chi connectivity index (χ1v) is 10.5. The highest BCUT2D eigenvalue weighted by molar-refractivity contribution is 7.99. The SMILES string of the molecule is CC(C)Sc1ccc(C(=O)Nc2cccc(N3C(=O)c4ccccc4C3=O)c2)cc1. The molecule has 3 amide bonds. The average molecular weight is 417 g/mol. The van der Waals surface area contributed by atoms with Gasteiger partial charge in [-0.1, -0.05) is 32.0 Å². The van der Waals surface area contributed by atoms with E-state index in [9.17, 15) is 14.4 Å². The minimum absolute atomic E-state index is 0.254. The van der Waals surface area contributed by atoms with Crippen molar-refractivity contribution < 1.29 is 14.4 Å². The molecule has 0 spiro atoms. The van der Waals surface area contributed by atoms with Crippen molar-refractivity contribution in [2.45, 2.75) is 24.0 Å². The molecular weight excluding hydrogens is 396 g/mol. The van der Waals surface area contributed by atoms with Crippen LogP contribution in [-0.4, -0.2) is 23.0 Å². The highest BCUT2D eigenvalue weighted by atomic mass is 32.2. The zero-order valence-corrected chi connectivity index (χ0v) is 17.4. The third-order valence-corrected chi connectivity index (χ3v) is 5.66. The summed E-state index contributed by atoms with van der Waals surface area (Å²) in [4.78, 5) is 40.2. The Morgan fingerprint density at radius 2 is 1.50 bits per heavy atom. The molecule has 1 aliphatic heterocycles. The van der Waals surface area contributed by atoms with Crippen LogP contribution in [-0.2, 0) is 0 Å². The van der Waals surface area contributed by atoms with Crippen LogP contribution in [0, 0.1) is 0 Å². The van der Waals surface area contributed by atoms with Crippen LogP contribution in [0.25, 0.3) is 0 Å². The highest BCUT2D eigenvalue weighted by Gasteiger charge is 2.36. The third-order valence-electron chi connectivity index (χ3n) is 4.64. The molecule has 0 atom stereocenters. The first-order valence-electron chi connectivity index (χ1n) is 9.60. The lowest BCUT2D eigenvalue weighted by Crippen LogP contribution is -2.29. The largest absolute Gasteiger partial charge is 0.322 e. The monoisotopic (exact) mass is 416 g/mol. The molecule has 1 aliphatic rings. The zero-order valence-electron chi connectivity index (χ0n) is 16.6. The Kier molecular flexibility index (Phi) is 5.42. The molecule has 0 saturated carbocycles. The van der Waals surface area contributed by atoms with Gasteiger partial charge >= 0.3 is 0 Å². The number of rotatable bonds is 5. The number of nitrogens with one attached hydrogen (secondary N) is 1. The van der Waals surface area contributed by atoms with Crippen molar-refractivity contribution in [3.63, 3.8) is 0 Å². The number of thioether (sulfide) groups is 1. The van der Waals surface area contributed by atoms with Crippen molar-refractivity contribution in [1.29, 1.82) is 0 Å². The fourth-order valence-corrected chi connectivity index (χ4v) is 4.14. The van der Waals surface area contributed by atoms with Crippen molar-refractivity contribution in [3.05, 3.63) is 89.5 Å². The van der Waals surface area contributed by atoms with Gasteiger partial charge in [0.2, 0.25) is 0 Å². The van der Waals surface area contributed by atoms with Crippen LogP contribution in [0.5, 0.6) is 0 Å². The second kappa shape index (κ2) is 8.16. The summed E-state index contributed by atoms with van der Waals surface area (Å²) < 4.78 is 0. The van der Waals surface area contributed by atoms with E-state index in [0.717, 1.165) is 9.80 Å². The van der Waals surface area contributed by atoms with Crippen molar-refractivity contribution in [2.75, 3.05) is 10.2 Å². The number of imide groups is 1. The molecule has 150 valence electrons. The Labute approximate surface area is 179 Å². The van der Waals surface area contributed by atoms with Crippen LogP contribution in [0.4, 0.5) is 11.4 Å². The summed E-state index contributed by atoms with van der Waals surface area (Å²) in [6.45, 7) is 4.24. The molecule has 0 unspecified atom stereocenters. The molecule has 30 heavy (non-hydrogen) atoms. The molecule has 3 aromatic carbocycles. The summed E-state index contributed by atoms with van der Waals surface area (Å²) in [5.74, 6) is -0.981. The van der Waals surface area contributed by atoms with E-state index in [1.807, 2.05) is 12.1 Å². The molecule has 1 heterocycles. The van der Waals surface area contributed by atoms with Crippen LogP contribution >= 0.6 is 11.8 Å². The lowest BCUT2D eigenvalue weighted by atomic mass is 10.1. The van der Waals surface area contributed by atoms with E-state index in [1.165, 1.54) is 0 Å². The van der Waals surface area contributed by atoms with E-state index in [2.05, 4.69) is 19.2 Å². The quantitative estimate of drug-likeness (QED) is 0.456. The Balaban J connectivity index is 1.52. The summed E-state index contributed by atoms with van der Waals surface area (Å²) in [6.07, 6.45) is 0. The molecule has 0 radical (unpaired) electrons. The number of fused-ring (bicyclic) bond motifs is 1. The number of carbonyl (C=O) groups is 3. The predicted octanol–water partition coefficient (Wildman–Crippen LogP) is 5.24. The molecule has 1 N–H and O–H groups in total. The lowest BCUT2D eigenvalue weighted by molar-refractivity contribution is 0.0925. The van der Waals surface area contributed by atoms with Gasteiger partial charge in [-0.05, 0) is 54.6 Å². The summed E-state index contributed by atoms with van der Waals surface area (Å²) in [6, 6.07) is 20.9. The van der Waals surface area contributed by atoms with E-state index in [4.69, 9.17) is 0 Å². The van der Waals surface area contributed by atoms with Gasteiger partial charge in [-0.2, -0.15) is 0 Å². The van der Waals surface area contributed by atoms with Gasteiger partial charge in [-0.15, -0.1) is 11.8 Å². The maximum atomic E-state index is 12.7. The van der Waals surface area contributed by atoms with Crippen molar-refractivity contribution in [1.82, 2.24) is 0 Å². The summed E-state index contributed by atoms with van der Waals surface area (Å²) in [5, 5.41) is 3.31. The number of nitrogens with zero attached hydrogens (tertiary/aromatic N) is 1. The van der Waals surface area contributed by atoms with Gasteiger partial charge in [0.15, 0.2) is 0 Å². The highest BCUT2D eigenvalue weighted by Crippen LogP contribution is 2.30. The van der Waals surface area contributed by atoms with Gasteiger partial charge in [0, 0.05) is 21.4 Å². The van der Waals surface area contributed by atoms with E-state index < -0.39 is 0 Å². The van der Waals surface area contributed by atoms with Gasteiger partial charge in [-0.25, -0.2) is 4.90 Å². The van der Waals surface area contributed by atoms with Gasteiger partial charge in [0.05, 0.1) is 16.8 Å². The van der Waals surface area contributed by atoms with Gasteiger partial charge in [0.1, 0.15) is 0 Å². The van der Waals surface area contributed by atoms with Gasteiger partial charge in [0.25, 0.3) is 17.7 Å². The predicted molar refractivity (Wildman–Crippen MR) is 119 cm³/mol. The molecular formula is C24H20N2O3S. The molecule has 5 nitrogen and oxygen atoms in total. The Hall–Kier alpha value is -3.38. The molecule has 6 heteroatoms. The topological polar surface area (TPSA) is 66.5 Å². The maximum Gasteiger partial charge on any atom is 0.266 e. The maximum absolute atomic E-state index is 12.7. The second-order valence-electron chi connectivity index (χ2n) is 7.19. The number of hydrogen-bond acceptors (Lipinski definition) is 4. The Morgan fingerprint density at radius 3 is 2.10 bits per heavy atom. The zero-order chi connectivity index (χ0) is 21.3. The fourth-order valence-electron chi connectivity index (χ4n) is 3.31. The van der Waals surface area contributed by atoms with Crippen molar-refractivity contribution in [3.8, 4) is 0 Å². The van der Waals surface area contributed by atoms with Gasteiger partial charge < -0.3 is 5.32 Å². The number of carbonyl (C=O) groups excluding carboxylic acids is 3. The first kappa shape index (κ1) is 19.9. The van der Waals surface area contributed by atoms with Crippen LogP contribution in [0.3, 0.4) is 0 Å². The number of benzene rings is 3. The van der Waals surface area contributed by atoms with Crippen LogP contribution in [0.1, 0.15) is 44.9 Å². The van der Waals surface area contributed by atoms with Crippen LogP contribution < -0.4 is 10.2 Å². The fraction of sp³-hybridized carbons (Fsp3) is 0.125. The Bertz CT molecular complexity index is 1100. The summed E-state index contributed by atoms with van der Waals surface area (Å²) >= 11 is 1.73. The molecule has 0 fully saturated rings. The number of anilines is 2. The van der Waals surface area contributed by atoms with Crippen molar-refractivity contribution >= 4 is 40.9 Å². The second-order valence-corrected chi connectivity index (χ2v) is 8.84. The first-order chi connectivity index (χ1) is 14.4. The van der Waals surface area contributed by atoms with Crippen LogP contribution in [0.15, 0.2) is 77.7 Å². The molecule has 0 bridgehead atoms. The summed E-state index contributed by atoms with van der Waals surface area (Å²) in [5.41, 5.74) is 2.24. The van der Waals surface area contributed by atoms with E-state index >= 15 is 0 Å². The molecule has 0 aliphatic carbocycles. The lowest BCUT2D eigenvalue weighted by Gasteiger charge is -2.15. The summed E-state index contributed by atoms with van der Waals surface area (Å²) in [7, 11) is 0. The van der Waals surface area contributed by atoms with E-state index in [1.54, 1.807) is 72.4 Å². The molecule has 4 rings (SSSR count). The normalized spacial score (nSPS) is 13.0. The standard InChI is InChI=1S/C24H20N2O3S/c1-15(2)30-19-12-10-16(11-13-19)22(27)25-17-6-5-7-18(14-17)26-23(28)20-8-3-4-9-21(20)24(26)29/h3-15H,1-2H3,(H,25,27).